The van der Waals surface area contributed by atoms with Gasteiger partial charge in [0, 0.05) is 19.2 Å². The van der Waals surface area contributed by atoms with E-state index in [1.165, 1.54) is 24.1 Å². The van der Waals surface area contributed by atoms with Gasteiger partial charge in [-0.15, -0.1) is 0 Å². The molecule has 1 atom stereocenters. The molecule has 3 rings (SSSR count). The molecule has 2 aromatic carbocycles. The molecule has 0 bridgehead atoms. The molecule has 6 nitrogen and oxygen atoms in total. The highest BCUT2D eigenvalue weighted by Gasteiger charge is 2.45. The van der Waals surface area contributed by atoms with Crippen LogP contribution in [0, 0.1) is 13.8 Å². The first-order chi connectivity index (χ1) is 13.3. The summed E-state index contributed by atoms with van der Waals surface area (Å²) in [5, 5.41) is 20.6. The lowest BCUT2D eigenvalue weighted by Gasteiger charge is -2.25. The second-order valence-corrected chi connectivity index (χ2v) is 6.90. The average molecular weight is 381 g/mol. The Hall–Kier alpha value is -3.12. The maximum atomic E-state index is 12.8. The van der Waals surface area contributed by atoms with Crippen LogP contribution in [-0.2, 0) is 14.3 Å². The third-order valence-electron chi connectivity index (χ3n) is 4.93. The van der Waals surface area contributed by atoms with Gasteiger partial charge in [-0.05, 0) is 43.2 Å². The largest absolute Gasteiger partial charge is 0.508 e. The zero-order valence-corrected chi connectivity index (χ0v) is 16.1. The number of hydrogen-bond donors (Lipinski definition) is 2. The number of aryl methyl sites for hydroxylation is 2. The van der Waals surface area contributed by atoms with E-state index in [1.54, 1.807) is 18.2 Å². The molecule has 1 aliphatic heterocycles. The van der Waals surface area contributed by atoms with Crippen LogP contribution in [0.4, 0.5) is 0 Å². The molecule has 1 saturated heterocycles. The number of carbonyl (C=O) groups is 2. The van der Waals surface area contributed by atoms with Gasteiger partial charge < -0.3 is 19.8 Å². The Morgan fingerprint density at radius 1 is 1.11 bits per heavy atom. The summed E-state index contributed by atoms with van der Waals surface area (Å²) in [4.78, 5) is 26.9. The minimum atomic E-state index is -0.754. The van der Waals surface area contributed by atoms with Crippen molar-refractivity contribution in [3.63, 3.8) is 0 Å². The van der Waals surface area contributed by atoms with Gasteiger partial charge in [0.25, 0.3) is 11.7 Å². The maximum absolute atomic E-state index is 12.8. The zero-order chi connectivity index (χ0) is 20.4. The van der Waals surface area contributed by atoms with Crippen molar-refractivity contribution in [2.75, 3.05) is 20.3 Å². The summed E-state index contributed by atoms with van der Waals surface area (Å²) in [5.74, 6) is -1.53. The van der Waals surface area contributed by atoms with Crippen LogP contribution in [0.25, 0.3) is 5.76 Å². The number of phenols is 1. The Morgan fingerprint density at radius 3 is 2.43 bits per heavy atom. The molecule has 0 saturated carbocycles. The van der Waals surface area contributed by atoms with Crippen LogP contribution in [0.5, 0.6) is 5.75 Å². The number of rotatable bonds is 5. The van der Waals surface area contributed by atoms with Gasteiger partial charge in [0.15, 0.2) is 0 Å². The second-order valence-electron chi connectivity index (χ2n) is 6.90. The highest BCUT2D eigenvalue weighted by atomic mass is 16.5. The summed E-state index contributed by atoms with van der Waals surface area (Å²) >= 11 is 0. The number of phenolic OH excluding ortho intramolecular Hbond substituents is 1. The van der Waals surface area contributed by atoms with Crippen LogP contribution < -0.4 is 0 Å². The molecule has 0 aromatic heterocycles. The van der Waals surface area contributed by atoms with Gasteiger partial charge in [-0.1, -0.05) is 29.8 Å². The number of Topliss-reactive ketones (excluding diaryl/α,β-unsaturated/α-hetero) is 1. The number of methoxy groups -OCH3 is 1. The minimum absolute atomic E-state index is 0.0421. The summed E-state index contributed by atoms with van der Waals surface area (Å²) in [6, 6.07) is 11.1. The molecule has 1 unspecified atom stereocenters. The van der Waals surface area contributed by atoms with E-state index in [2.05, 4.69) is 0 Å². The molecule has 0 radical (unpaired) electrons. The summed E-state index contributed by atoms with van der Waals surface area (Å²) < 4.78 is 5.08. The maximum Gasteiger partial charge on any atom is 0.295 e. The summed E-state index contributed by atoms with van der Waals surface area (Å²) in [5.41, 5.74) is 2.92. The van der Waals surface area contributed by atoms with Crippen LogP contribution >= 0.6 is 0 Å². The van der Waals surface area contributed by atoms with Gasteiger partial charge in [-0.25, -0.2) is 0 Å². The first kappa shape index (κ1) is 19.6. The van der Waals surface area contributed by atoms with Crippen molar-refractivity contribution in [1.82, 2.24) is 4.90 Å². The third kappa shape index (κ3) is 3.51. The molecule has 0 aliphatic carbocycles. The number of ketones is 1. The number of nitrogens with zero attached hydrogens (tertiary/aromatic N) is 1. The Kier molecular flexibility index (Phi) is 5.51. The number of aliphatic hydroxyl groups excluding tert-OH is 1. The smallest absolute Gasteiger partial charge is 0.295 e. The Labute approximate surface area is 163 Å². The fourth-order valence-electron chi connectivity index (χ4n) is 3.44. The molecule has 28 heavy (non-hydrogen) atoms. The predicted octanol–water partition coefficient (Wildman–Crippen LogP) is 3.08. The van der Waals surface area contributed by atoms with E-state index in [0.29, 0.717) is 11.1 Å². The molecular weight excluding hydrogens is 358 g/mol. The van der Waals surface area contributed by atoms with Gasteiger partial charge in [-0.3, -0.25) is 9.59 Å². The molecule has 0 spiro atoms. The van der Waals surface area contributed by atoms with Crippen molar-refractivity contribution in [3.05, 3.63) is 70.3 Å². The Bertz CT molecular complexity index is 946. The Morgan fingerprint density at radius 2 is 1.79 bits per heavy atom. The summed E-state index contributed by atoms with van der Waals surface area (Å²) in [6.07, 6.45) is 0. The molecule has 146 valence electrons. The number of likely N-dealkylation sites (tertiary alicyclic amines) is 1. The second kappa shape index (κ2) is 7.86. The SMILES string of the molecule is COCCN1C(=O)C(=O)/C(=C(/O)c2cc(C)ccc2C)C1c1ccc(O)cc1. The Balaban J connectivity index is 2.20. The minimum Gasteiger partial charge on any atom is -0.508 e. The summed E-state index contributed by atoms with van der Waals surface area (Å²) in [7, 11) is 1.52. The molecule has 1 amide bonds. The van der Waals surface area contributed by atoms with Crippen LogP contribution in [0.3, 0.4) is 0 Å². The standard InChI is InChI=1S/C22H23NO5/c1-13-4-5-14(2)17(12-13)20(25)18-19(15-6-8-16(24)9-7-15)23(10-11-28-3)22(27)21(18)26/h4-9,12,19,24-25H,10-11H2,1-3H3/b20-18+. The average Bonchev–Trinajstić information content (AvgIpc) is 2.93. The molecule has 1 fully saturated rings. The molecule has 2 N–H and O–H groups in total. The van der Waals surface area contributed by atoms with E-state index in [-0.39, 0.29) is 30.2 Å². The van der Waals surface area contributed by atoms with Gasteiger partial charge in [-0.2, -0.15) is 0 Å². The zero-order valence-electron chi connectivity index (χ0n) is 16.1. The normalized spacial score (nSPS) is 18.7. The van der Waals surface area contributed by atoms with E-state index >= 15 is 0 Å². The van der Waals surface area contributed by atoms with Crippen LogP contribution in [0.15, 0.2) is 48.0 Å². The monoisotopic (exact) mass is 381 g/mol. The topological polar surface area (TPSA) is 87.1 Å². The van der Waals surface area contributed by atoms with Crippen molar-refractivity contribution in [2.45, 2.75) is 19.9 Å². The number of ether oxygens (including phenoxy) is 1. The van der Waals surface area contributed by atoms with Crippen molar-refractivity contribution >= 4 is 17.4 Å². The molecular formula is C22H23NO5. The fourth-order valence-corrected chi connectivity index (χ4v) is 3.44. The van der Waals surface area contributed by atoms with E-state index in [1.807, 2.05) is 26.0 Å². The van der Waals surface area contributed by atoms with Crippen molar-refractivity contribution in [1.29, 1.82) is 0 Å². The van der Waals surface area contributed by atoms with Gasteiger partial charge in [0.1, 0.15) is 11.5 Å². The van der Waals surface area contributed by atoms with Crippen LogP contribution in [-0.4, -0.2) is 47.1 Å². The molecule has 2 aromatic rings. The number of benzene rings is 2. The number of carbonyl (C=O) groups excluding carboxylic acids is 2. The quantitative estimate of drug-likeness (QED) is 0.472. The van der Waals surface area contributed by atoms with Gasteiger partial charge in [0.05, 0.1) is 18.2 Å². The predicted molar refractivity (Wildman–Crippen MR) is 105 cm³/mol. The van der Waals surface area contributed by atoms with E-state index in [0.717, 1.165) is 11.1 Å². The van der Waals surface area contributed by atoms with Crippen LogP contribution in [0.2, 0.25) is 0 Å². The first-order valence-electron chi connectivity index (χ1n) is 8.99. The number of aromatic hydroxyl groups is 1. The molecule has 6 heteroatoms. The number of amides is 1. The number of hydrogen-bond acceptors (Lipinski definition) is 5. The van der Waals surface area contributed by atoms with E-state index in [9.17, 15) is 19.8 Å². The first-order valence-corrected chi connectivity index (χ1v) is 8.99. The van der Waals surface area contributed by atoms with E-state index in [4.69, 9.17) is 4.74 Å². The molecule has 1 aliphatic rings. The lowest BCUT2D eigenvalue weighted by atomic mass is 9.93. The summed E-state index contributed by atoms with van der Waals surface area (Å²) in [6.45, 7) is 4.19. The third-order valence-corrected chi connectivity index (χ3v) is 4.93. The lowest BCUT2D eigenvalue weighted by molar-refractivity contribution is -0.140. The molecule has 1 heterocycles. The fraction of sp³-hybridized carbons (Fsp3) is 0.273. The van der Waals surface area contributed by atoms with Crippen molar-refractivity contribution in [3.8, 4) is 5.75 Å². The van der Waals surface area contributed by atoms with Crippen LogP contribution in [0.1, 0.15) is 28.3 Å². The van der Waals surface area contributed by atoms with E-state index < -0.39 is 17.7 Å². The highest BCUT2D eigenvalue weighted by Crippen LogP contribution is 2.40. The lowest BCUT2D eigenvalue weighted by Crippen LogP contribution is -2.32. The highest BCUT2D eigenvalue weighted by molar-refractivity contribution is 6.46. The van der Waals surface area contributed by atoms with Crippen molar-refractivity contribution in [2.24, 2.45) is 0 Å². The van der Waals surface area contributed by atoms with Crippen molar-refractivity contribution < 1.29 is 24.5 Å². The number of aliphatic hydroxyl groups is 1. The van der Waals surface area contributed by atoms with Gasteiger partial charge >= 0.3 is 0 Å². The van der Waals surface area contributed by atoms with Gasteiger partial charge in [0.2, 0.25) is 0 Å².